The van der Waals surface area contributed by atoms with Crippen molar-refractivity contribution in [2.45, 2.75) is 80.1 Å². The average Bonchev–Trinajstić information content (AvgIpc) is 2.73. The van der Waals surface area contributed by atoms with Crippen molar-refractivity contribution in [3.8, 4) is 0 Å². The van der Waals surface area contributed by atoms with E-state index >= 15 is 0 Å². The Morgan fingerprint density at radius 1 is 0.438 bits per heavy atom. The van der Waals surface area contributed by atoms with E-state index in [1.54, 1.807) is 33.4 Å². The first-order chi connectivity index (χ1) is 14.1. The molecule has 0 heterocycles. The first kappa shape index (κ1) is 41.4. The van der Waals surface area contributed by atoms with Crippen LogP contribution in [-0.4, -0.2) is 0 Å². The van der Waals surface area contributed by atoms with E-state index in [4.69, 9.17) is 14.0 Å². The van der Waals surface area contributed by atoms with Crippen molar-refractivity contribution in [3.63, 3.8) is 0 Å². The topological polar surface area (TPSA) is 59.7 Å². The Hall–Kier alpha value is -0.888. The second kappa shape index (κ2) is 17.6. The van der Waals surface area contributed by atoms with Crippen molar-refractivity contribution < 1.29 is 59.6 Å². The van der Waals surface area contributed by atoms with Crippen molar-refractivity contribution in [1.29, 1.82) is 0 Å². The maximum Gasteiger partial charge on any atom is 0 e. The summed E-state index contributed by atoms with van der Waals surface area (Å²) in [6.45, 7) is 27.4. The summed E-state index contributed by atoms with van der Waals surface area (Å²) < 4.78 is 81.7. The molecule has 3 nitrogen and oxygen atoms in total. The van der Waals surface area contributed by atoms with Gasteiger partial charge in [-0.2, -0.15) is 0 Å². The van der Waals surface area contributed by atoms with Gasteiger partial charge in [-0.15, -0.1) is 0 Å². The molecule has 0 fully saturated rings. The molecule has 1 aromatic rings. The molecule has 0 amide bonds. The maximum absolute atomic E-state index is 10.7. The third-order valence-corrected chi connectivity index (χ3v) is 4.31. The van der Waals surface area contributed by atoms with Gasteiger partial charge < -0.3 is 0 Å². The summed E-state index contributed by atoms with van der Waals surface area (Å²) in [5.41, 5.74) is 9.95. The summed E-state index contributed by atoms with van der Waals surface area (Å²) in [5, 5.41) is 0. The predicted octanol–water partition coefficient (Wildman–Crippen LogP) is 8.33. The van der Waals surface area contributed by atoms with Gasteiger partial charge in [-0.3, -0.25) is 0 Å². The molecule has 1 aromatic carbocycles. The third kappa shape index (κ3) is 18.7. The summed E-state index contributed by atoms with van der Waals surface area (Å²) in [4.78, 5) is 0. The Morgan fingerprint density at radius 2 is 0.500 bits per heavy atom. The molecule has 0 saturated carbocycles. The van der Waals surface area contributed by atoms with Crippen molar-refractivity contribution in [2.75, 3.05) is 0 Å². The Kier molecular flexibility index (Phi) is 22.7. The molecule has 0 bridgehead atoms. The van der Waals surface area contributed by atoms with E-state index in [9.17, 15) is 25.2 Å². The van der Waals surface area contributed by atoms with Gasteiger partial charge in [0.1, 0.15) is 0 Å². The van der Waals surface area contributed by atoms with Crippen molar-refractivity contribution in [2.24, 2.45) is 0 Å². The van der Waals surface area contributed by atoms with Gasteiger partial charge in [0.05, 0.1) is 0 Å². The Labute approximate surface area is 200 Å². The average molecular weight is 662 g/mol. The van der Waals surface area contributed by atoms with Crippen LogP contribution in [0.1, 0.15) is 74.9 Å². The molecular weight excluding hydrogens is 631 g/mol. The second-order valence-electron chi connectivity index (χ2n) is 5.95. The molecule has 0 atom stereocenters. The van der Waals surface area contributed by atoms with Crippen LogP contribution in [-0.2, 0) is 72.9 Å². The molecule has 0 aliphatic heterocycles. The van der Waals surface area contributed by atoms with Gasteiger partial charge in [0.15, 0.2) is 0 Å². The van der Waals surface area contributed by atoms with Gasteiger partial charge in [0, 0.05) is 20.4 Å². The van der Waals surface area contributed by atoms with Crippen LogP contribution < -0.4 is 0 Å². The van der Waals surface area contributed by atoms with Crippen molar-refractivity contribution in [3.05, 3.63) is 53.3 Å². The van der Waals surface area contributed by atoms with Crippen LogP contribution in [0, 0.1) is 20.0 Å². The minimum atomic E-state index is -10.7. The standard InChI is InChI=1S/C18H30.3CO.F6P.Re/c1-7-13-14(8-2)16(10-4)18(12-6)17(11-5)15(13)9-3;3*1-2;1-7(2,3,4,5)6;/h7-12H2,1-6H3;;;;;/q;;;;-1;. The number of benzene rings is 1. The van der Waals surface area contributed by atoms with Gasteiger partial charge in [-0.25, -0.2) is 0 Å². The molecule has 0 spiro atoms. The molecule has 0 N–H and O–H groups in total. The van der Waals surface area contributed by atoms with E-state index in [1.807, 2.05) is 0 Å². The van der Waals surface area contributed by atoms with Gasteiger partial charge in [0.25, 0.3) is 0 Å². The van der Waals surface area contributed by atoms with E-state index in [0.29, 0.717) is 0 Å². The quantitative estimate of drug-likeness (QED) is 0.128. The molecule has 0 aliphatic carbocycles. The Morgan fingerprint density at radius 3 is 0.531 bits per heavy atom. The van der Waals surface area contributed by atoms with E-state index < -0.39 is 7.81 Å². The van der Waals surface area contributed by atoms with E-state index in [1.165, 1.54) is 38.5 Å². The fourth-order valence-corrected chi connectivity index (χ4v) is 3.65. The predicted molar refractivity (Wildman–Crippen MR) is 108 cm³/mol. The minimum Gasteiger partial charge on any atom is 0 e. The minimum absolute atomic E-state index is 0. The fraction of sp³-hybridized carbons (Fsp3) is 0.571. The Balaban J connectivity index is -0.000000146. The first-order valence-electron chi connectivity index (χ1n) is 9.49. The van der Waals surface area contributed by atoms with Crippen LogP contribution >= 0.6 is 7.81 Å². The van der Waals surface area contributed by atoms with Crippen LogP contribution in [0.5, 0.6) is 0 Å². The molecule has 1 rings (SSSR count). The van der Waals surface area contributed by atoms with E-state index in [2.05, 4.69) is 61.5 Å². The van der Waals surface area contributed by atoms with Crippen molar-refractivity contribution in [1.82, 2.24) is 0 Å². The summed E-state index contributed by atoms with van der Waals surface area (Å²) in [5.74, 6) is 0. The fourth-order valence-electron chi connectivity index (χ4n) is 3.65. The summed E-state index contributed by atoms with van der Waals surface area (Å²) in [6, 6.07) is 0. The zero-order valence-electron chi connectivity index (χ0n) is 19.1. The van der Waals surface area contributed by atoms with Crippen LogP contribution in [0.15, 0.2) is 0 Å². The molecule has 11 heteroatoms. The van der Waals surface area contributed by atoms with Gasteiger partial charge >= 0.3 is 66.9 Å². The normalized spacial score (nSPS) is 11.4. The van der Waals surface area contributed by atoms with Gasteiger partial charge in [-0.1, -0.05) is 41.5 Å². The molecule has 0 saturated heterocycles. The summed E-state index contributed by atoms with van der Waals surface area (Å²) in [6.07, 6.45) is 7.14. The number of hydrogen-bond acceptors (Lipinski definition) is 0. The zero-order chi connectivity index (χ0) is 26.1. The number of hydrogen-bond donors (Lipinski definition) is 0. The SMILES string of the molecule is CCc1c(CC)c(CC)c(CC)c(CC)c1CC.F[P-](F)(F)(F)(F)F.[C-]#[O+].[C-]#[O+].[C-]#[O+].[Re]. The third-order valence-electron chi connectivity index (χ3n) is 4.31. The van der Waals surface area contributed by atoms with Crippen LogP contribution in [0.4, 0.5) is 25.2 Å². The molecule has 0 aliphatic rings. The van der Waals surface area contributed by atoms with Crippen LogP contribution in [0.2, 0.25) is 0 Å². The van der Waals surface area contributed by atoms with Crippen LogP contribution in [0.25, 0.3) is 0 Å². The summed E-state index contributed by atoms with van der Waals surface area (Å²) >= 11 is 0. The van der Waals surface area contributed by atoms with Crippen molar-refractivity contribution >= 4 is 7.81 Å². The van der Waals surface area contributed by atoms with E-state index in [0.717, 1.165) is 0 Å². The number of rotatable bonds is 6. The second-order valence-corrected chi connectivity index (χ2v) is 7.87. The zero-order valence-corrected chi connectivity index (χ0v) is 22.7. The summed E-state index contributed by atoms with van der Waals surface area (Å²) in [7, 11) is -10.7. The molecular formula is C21H30F6O3PRe-. The maximum atomic E-state index is 9.87. The molecule has 0 aromatic heterocycles. The molecule has 0 unspecified atom stereocenters. The largest absolute Gasteiger partial charge is 0 e. The number of halogens is 6. The first-order valence-corrected chi connectivity index (χ1v) is 11.5. The Bertz CT molecular complexity index is 581. The van der Waals surface area contributed by atoms with Gasteiger partial charge in [0.2, 0.25) is 0 Å². The van der Waals surface area contributed by atoms with Gasteiger partial charge in [-0.05, 0) is 71.9 Å². The molecule has 32 heavy (non-hydrogen) atoms. The smallest absolute Gasteiger partial charge is 0 e. The van der Waals surface area contributed by atoms with E-state index in [-0.39, 0.29) is 20.4 Å². The monoisotopic (exact) mass is 662 g/mol. The molecule has 1 radical (unpaired) electrons. The molecule has 187 valence electrons. The van der Waals surface area contributed by atoms with Crippen LogP contribution in [0.3, 0.4) is 0 Å².